The van der Waals surface area contributed by atoms with Gasteiger partial charge in [0.05, 0.1) is 6.54 Å². The van der Waals surface area contributed by atoms with Crippen LogP contribution >= 0.6 is 11.3 Å². The Morgan fingerprint density at radius 3 is 2.76 bits per heavy atom. The zero-order valence-electron chi connectivity index (χ0n) is 14.1. The van der Waals surface area contributed by atoms with Crippen LogP contribution in [0.4, 0.5) is 9.18 Å². The van der Waals surface area contributed by atoms with Crippen LogP contribution in [0.5, 0.6) is 0 Å². The number of carbonyl (C=O) groups excluding carboxylic acids is 2. The molecule has 0 spiro atoms. The van der Waals surface area contributed by atoms with Crippen LogP contribution in [0.25, 0.3) is 0 Å². The van der Waals surface area contributed by atoms with Crippen LogP contribution < -0.4 is 10.6 Å². The predicted octanol–water partition coefficient (Wildman–Crippen LogP) is 2.78. The van der Waals surface area contributed by atoms with Gasteiger partial charge < -0.3 is 5.32 Å². The number of benzene rings is 1. The summed E-state index contributed by atoms with van der Waals surface area (Å²) in [5.74, 6) is -0.685. The zero-order chi connectivity index (χ0) is 18.1. The smallest absolute Gasteiger partial charge is 0.321 e. The summed E-state index contributed by atoms with van der Waals surface area (Å²) in [5, 5.41) is 6.97. The summed E-state index contributed by atoms with van der Waals surface area (Å²) in [5.41, 5.74) is 0.787. The molecule has 5 nitrogen and oxygen atoms in total. The third-order valence-corrected chi connectivity index (χ3v) is 4.54. The van der Waals surface area contributed by atoms with E-state index in [1.807, 2.05) is 29.3 Å². The summed E-state index contributed by atoms with van der Waals surface area (Å²) in [6.45, 7) is 3.52. The molecular formula is C18H22FN3O2S. The number of carbonyl (C=O) groups is 2. The van der Waals surface area contributed by atoms with Crippen LogP contribution in [0.1, 0.15) is 17.4 Å². The molecule has 25 heavy (non-hydrogen) atoms. The van der Waals surface area contributed by atoms with E-state index >= 15 is 0 Å². The Hall–Kier alpha value is -2.25. The Kier molecular flexibility index (Phi) is 7.56. The molecule has 0 aliphatic carbocycles. The first-order valence-electron chi connectivity index (χ1n) is 8.13. The van der Waals surface area contributed by atoms with Crippen LogP contribution in [0.3, 0.4) is 0 Å². The van der Waals surface area contributed by atoms with Crippen molar-refractivity contribution < 1.29 is 14.0 Å². The molecular weight excluding hydrogens is 341 g/mol. The SMILES string of the molecule is CCN(CC(=O)NC(=O)NCCc1cccs1)Cc1cccc(F)c1. The standard InChI is InChI=1S/C18H22FN3O2S/c1-2-22(12-14-5-3-6-15(19)11-14)13-17(23)21-18(24)20-9-8-16-7-4-10-25-16/h3-7,10-11H,2,8-9,12-13H2,1H3,(H2,20,21,23,24). The van der Waals surface area contributed by atoms with Crippen molar-refractivity contribution in [3.05, 3.63) is 58.0 Å². The van der Waals surface area contributed by atoms with Crippen molar-refractivity contribution >= 4 is 23.3 Å². The molecule has 0 atom stereocenters. The van der Waals surface area contributed by atoms with E-state index in [2.05, 4.69) is 10.6 Å². The molecule has 2 N–H and O–H groups in total. The van der Waals surface area contributed by atoms with Crippen LogP contribution in [0, 0.1) is 5.82 Å². The molecule has 0 aliphatic heterocycles. The lowest BCUT2D eigenvalue weighted by atomic mass is 10.2. The van der Waals surface area contributed by atoms with Crippen molar-refractivity contribution in [2.24, 2.45) is 0 Å². The first-order chi connectivity index (χ1) is 12.1. The maximum atomic E-state index is 13.2. The summed E-state index contributed by atoms with van der Waals surface area (Å²) in [7, 11) is 0. The molecule has 0 fully saturated rings. The van der Waals surface area contributed by atoms with Gasteiger partial charge in [-0.2, -0.15) is 0 Å². The number of likely N-dealkylation sites (N-methyl/N-ethyl adjacent to an activating group) is 1. The molecule has 3 amide bonds. The third-order valence-electron chi connectivity index (χ3n) is 3.60. The highest BCUT2D eigenvalue weighted by Gasteiger charge is 2.12. The van der Waals surface area contributed by atoms with Crippen molar-refractivity contribution in [3.63, 3.8) is 0 Å². The first-order valence-corrected chi connectivity index (χ1v) is 9.01. The molecule has 134 valence electrons. The third kappa shape index (κ3) is 7.03. The molecule has 0 bridgehead atoms. The number of amides is 3. The van der Waals surface area contributed by atoms with Crippen LogP contribution in [0.15, 0.2) is 41.8 Å². The van der Waals surface area contributed by atoms with Gasteiger partial charge in [0.1, 0.15) is 5.82 Å². The average Bonchev–Trinajstić information content (AvgIpc) is 3.07. The van der Waals surface area contributed by atoms with E-state index in [9.17, 15) is 14.0 Å². The van der Waals surface area contributed by atoms with Crippen molar-refractivity contribution in [3.8, 4) is 0 Å². The van der Waals surface area contributed by atoms with Crippen molar-refractivity contribution in [1.29, 1.82) is 0 Å². The average molecular weight is 363 g/mol. The number of hydrogen-bond donors (Lipinski definition) is 2. The van der Waals surface area contributed by atoms with Crippen molar-refractivity contribution in [2.45, 2.75) is 19.9 Å². The first kappa shape index (κ1) is 19.1. The van der Waals surface area contributed by atoms with E-state index in [4.69, 9.17) is 0 Å². The minimum Gasteiger partial charge on any atom is -0.337 e. The Balaban J connectivity index is 1.72. The number of nitrogens with zero attached hydrogens (tertiary/aromatic N) is 1. The number of rotatable bonds is 8. The molecule has 0 aliphatic rings. The predicted molar refractivity (Wildman–Crippen MR) is 96.9 cm³/mol. The lowest BCUT2D eigenvalue weighted by Crippen LogP contribution is -2.44. The Labute approximate surface area is 150 Å². The molecule has 1 heterocycles. The Morgan fingerprint density at radius 2 is 2.08 bits per heavy atom. The van der Waals surface area contributed by atoms with Gasteiger partial charge in [0.2, 0.25) is 5.91 Å². The summed E-state index contributed by atoms with van der Waals surface area (Å²) < 4.78 is 13.2. The molecule has 2 aromatic rings. The van der Waals surface area contributed by atoms with E-state index in [-0.39, 0.29) is 18.3 Å². The Bertz CT molecular complexity index is 691. The lowest BCUT2D eigenvalue weighted by molar-refractivity contribution is -0.121. The molecule has 7 heteroatoms. The minimum atomic E-state index is -0.497. The quantitative estimate of drug-likeness (QED) is 0.758. The highest BCUT2D eigenvalue weighted by molar-refractivity contribution is 7.09. The number of halogens is 1. The number of hydrogen-bond acceptors (Lipinski definition) is 4. The van der Waals surface area contributed by atoms with Crippen molar-refractivity contribution in [1.82, 2.24) is 15.5 Å². The lowest BCUT2D eigenvalue weighted by Gasteiger charge is -2.19. The van der Waals surface area contributed by atoms with E-state index < -0.39 is 6.03 Å². The van der Waals surface area contributed by atoms with Crippen molar-refractivity contribution in [2.75, 3.05) is 19.6 Å². The Morgan fingerprint density at radius 1 is 1.24 bits per heavy atom. The summed E-state index contributed by atoms with van der Waals surface area (Å²) >= 11 is 1.63. The number of urea groups is 1. The molecule has 2 rings (SSSR count). The molecule has 0 unspecified atom stereocenters. The maximum absolute atomic E-state index is 13.2. The second-order valence-corrected chi connectivity index (χ2v) is 6.60. The maximum Gasteiger partial charge on any atom is 0.321 e. The minimum absolute atomic E-state index is 0.0748. The van der Waals surface area contributed by atoms with Gasteiger partial charge in [-0.1, -0.05) is 25.1 Å². The van der Waals surface area contributed by atoms with Gasteiger partial charge in [0.25, 0.3) is 0 Å². The molecule has 0 saturated carbocycles. The van der Waals surface area contributed by atoms with Crippen LogP contribution in [-0.2, 0) is 17.8 Å². The summed E-state index contributed by atoms with van der Waals surface area (Å²) in [4.78, 5) is 26.7. The fraction of sp³-hybridized carbons (Fsp3) is 0.333. The largest absolute Gasteiger partial charge is 0.337 e. The number of nitrogens with one attached hydrogen (secondary N) is 2. The van der Waals surface area contributed by atoms with Gasteiger partial charge in [0.15, 0.2) is 0 Å². The van der Waals surface area contributed by atoms with Gasteiger partial charge in [0, 0.05) is 18.0 Å². The van der Waals surface area contributed by atoms with Gasteiger partial charge in [-0.25, -0.2) is 9.18 Å². The van der Waals surface area contributed by atoms with E-state index in [0.29, 0.717) is 19.6 Å². The van der Waals surface area contributed by atoms with Gasteiger partial charge in [-0.05, 0) is 42.1 Å². The van der Waals surface area contributed by atoms with Gasteiger partial charge in [-0.3, -0.25) is 15.0 Å². The van der Waals surface area contributed by atoms with Crippen LogP contribution in [0.2, 0.25) is 0 Å². The van der Waals surface area contributed by atoms with Gasteiger partial charge >= 0.3 is 6.03 Å². The molecule has 0 radical (unpaired) electrons. The normalized spacial score (nSPS) is 10.7. The zero-order valence-corrected chi connectivity index (χ0v) is 14.9. The second kappa shape index (κ2) is 9.90. The highest BCUT2D eigenvalue weighted by atomic mass is 32.1. The monoisotopic (exact) mass is 363 g/mol. The van der Waals surface area contributed by atoms with E-state index in [0.717, 1.165) is 12.0 Å². The molecule has 1 aromatic heterocycles. The van der Waals surface area contributed by atoms with E-state index in [1.54, 1.807) is 23.5 Å². The summed E-state index contributed by atoms with van der Waals surface area (Å²) in [6, 6.07) is 9.73. The molecule has 1 aromatic carbocycles. The topological polar surface area (TPSA) is 61.4 Å². The summed E-state index contributed by atoms with van der Waals surface area (Å²) in [6.07, 6.45) is 0.736. The highest BCUT2D eigenvalue weighted by Crippen LogP contribution is 2.08. The fourth-order valence-electron chi connectivity index (χ4n) is 2.34. The molecule has 0 saturated heterocycles. The fourth-order valence-corrected chi connectivity index (χ4v) is 3.05. The van der Waals surface area contributed by atoms with E-state index in [1.165, 1.54) is 17.0 Å². The number of thiophene rings is 1. The van der Waals surface area contributed by atoms with Crippen LogP contribution in [-0.4, -0.2) is 36.5 Å². The second-order valence-electron chi connectivity index (χ2n) is 5.57. The van der Waals surface area contributed by atoms with Gasteiger partial charge in [-0.15, -0.1) is 11.3 Å². The number of imide groups is 1.